The molecule has 0 aliphatic carbocycles. The lowest BCUT2D eigenvalue weighted by molar-refractivity contribution is -0.130. The fraction of sp³-hybridized carbons (Fsp3) is 0.259. The smallest absolute Gasteiger partial charge is 0.323 e. The van der Waals surface area contributed by atoms with Gasteiger partial charge >= 0.3 is 6.03 Å². The van der Waals surface area contributed by atoms with Gasteiger partial charge in [0.15, 0.2) is 0 Å². The first-order valence-electron chi connectivity index (χ1n) is 11.5. The van der Waals surface area contributed by atoms with Crippen molar-refractivity contribution in [2.45, 2.75) is 6.42 Å². The predicted octanol–water partition coefficient (Wildman–Crippen LogP) is 4.24. The molecule has 1 saturated heterocycles. The Balaban J connectivity index is 1.24. The molecular formula is C27H30N4O4. The lowest BCUT2D eigenvalue weighted by Crippen LogP contribution is -2.49. The number of hydrogen-bond acceptors (Lipinski definition) is 5. The van der Waals surface area contributed by atoms with Gasteiger partial charge in [-0.25, -0.2) is 4.79 Å². The molecule has 35 heavy (non-hydrogen) atoms. The van der Waals surface area contributed by atoms with Crippen LogP contribution in [0.5, 0.6) is 11.5 Å². The summed E-state index contributed by atoms with van der Waals surface area (Å²) in [7, 11) is 3.23. The molecule has 0 bridgehead atoms. The number of rotatable bonds is 7. The number of nitrogens with one attached hydrogen (secondary N) is 2. The molecule has 3 aromatic carbocycles. The molecule has 1 heterocycles. The van der Waals surface area contributed by atoms with Gasteiger partial charge in [0.1, 0.15) is 11.5 Å². The van der Waals surface area contributed by atoms with Crippen molar-refractivity contribution >= 4 is 29.0 Å². The second-order valence-electron chi connectivity index (χ2n) is 8.25. The molecule has 0 spiro atoms. The Bertz CT molecular complexity index is 1120. The molecular weight excluding hydrogens is 444 g/mol. The number of anilines is 3. The molecule has 1 aliphatic rings. The summed E-state index contributed by atoms with van der Waals surface area (Å²) in [6, 6.07) is 22.2. The third-order valence-electron chi connectivity index (χ3n) is 5.98. The summed E-state index contributed by atoms with van der Waals surface area (Å²) < 4.78 is 10.3. The molecule has 1 fully saturated rings. The Labute approximate surface area is 205 Å². The van der Waals surface area contributed by atoms with Gasteiger partial charge in [-0.2, -0.15) is 0 Å². The average Bonchev–Trinajstić information content (AvgIpc) is 2.90. The highest BCUT2D eigenvalue weighted by atomic mass is 16.5. The van der Waals surface area contributed by atoms with Crippen molar-refractivity contribution < 1.29 is 19.1 Å². The molecule has 182 valence electrons. The second-order valence-corrected chi connectivity index (χ2v) is 8.25. The van der Waals surface area contributed by atoms with E-state index < -0.39 is 0 Å². The Kier molecular flexibility index (Phi) is 7.72. The van der Waals surface area contributed by atoms with E-state index in [0.29, 0.717) is 30.9 Å². The highest BCUT2D eigenvalue weighted by Gasteiger charge is 2.21. The molecule has 3 aromatic rings. The maximum absolute atomic E-state index is 12.7. The van der Waals surface area contributed by atoms with Gasteiger partial charge in [0.2, 0.25) is 5.91 Å². The van der Waals surface area contributed by atoms with Gasteiger partial charge in [-0.3, -0.25) is 4.79 Å². The first-order valence-corrected chi connectivity index (χ1v) is 11.5. The number of hydrogen-bond donors (Lipinski definition) is 2. The van der Waals surface area contributed by atoms with Gasteiger partial charge in [-0.15, -0.1) is 0 Å². The van der Waals surface area contributed by atoms with Crippen molar-refractivity contribution in [3.05, 3.63) is 78.4 Å². The number of ether oxygens (including phenoxy) is 2. The average molecular weight is 475 g/mol. The summed E-state index contributed by atoms with van der Waals surface area (Å²) in [5, 5.41) is 5.64. The molecule has 0 unspecified atom stereocenters. The van der Waals surface area contributed by atoms with Gasteiger partial charge in [0.25, 0.3) is 0 Å². The Morgan fingerprint density at radius 2 is 1.20 bits per heavy atom. The molecule has 2 N–H and O–H groups in total. The van der Waals surface area contributed by atoms with E-state index in [1.54, 1.807) is 38.5 Å². The van der Waals surface area contributed by atoms with E-state index in [9.17, 15) is 9.59 Å². The molecule has 8 nitrogen and oxygen atoms in total. The minimum absolute atomic E-state index is 0.136. The van der Waals surface area contributed by atoms with Crippen molar-refractivity contribution in [1.29, 1.82) is 0 Å². The van der Waals surface area contributed by atoms with E-state index in [1.807, 2.05) is 53.4 Å². The van der Waals surface area contributed by atoms with E-state index in [4.69, 9.17) is 9.47 Å². The Hall–Kier alpha value is -4.20. The van der Waals surface area contributed by atoms with Crippen LogP contribution in [0.3, 0.4) is 0 Å². The van der Waals surface area contributed by atoms with E-state index in [2.05, 4.69) is 15.5 Å². The first-order chi connectivity index (χ1) is 17.0. The zero-order valence-corrected chi connectivity index (χ0v) is 20.0. The summed E-state index contributed by atoms with van der Waals surface area (Å²) >= 11 is 0. The fourth-order valence-corrected chi connectivity index (χ4v) is 3.97. The number of carbonyl (C=O) groups is 2. The Morgan fingerprint density at radius 3 is 1.71 bits per heavy atom. The number of nitrogens with zero attached hydrogens (tertiary/aromatic N) is 2. The number of amides is 3. The van der Waals surface area contributed by atoms with Crippen LogP contribution in [0.2, 0.25) is 0 Å². The molecule has 0 atom stereocenters. The van der Waals surface area contributed by atoms with Crippen LogP contribution in [-0.4, -0.2) is 57.2 Å². The quantitative estimate of drug-likeness (QED) is 0.535. The van der Waals surface area contributed by atoms with Gasteiger partial charge < -0.3 is 29.9 Å². The van der Waals surface area contributed by atoms with Crippen LogP contribution < -0.4 is 25.0 Å². The van der Waals surface area contributed by atoms with Crippen molar-refractivity contribution in [1.82, 2.24) is 4.90 Å². The maximum atomic E-state index is 12.7. The highest BCUT2D eigenvalue weighted by Crippen LogP contribution is 2.21. The summed E-state index contributed by atoms with van der Waals surface area (Å²) in [6.45, 7) is 2.89. The monoisotopic (exact) mass is 474 g/mol. The minimum Gasteiger partial charge on any atom is -0.497 e. The SMILES string of the molecule is COc1ccc(CC(=O)N2CCN(c3ccc(NC(=O)Nc4ccc(OC)cc4)cc3)CC2)cc1. The van der Waals surface area contributed by atoms with Crippen LogP contribution in [-0.2, 0) is 11.2 Å². The highest BCUT2D eigenvalue weighted by molar-refractivity contribution is 5.99. The number of benzene rings is 3. The van der Waals surface area contributed by atoms with Gasteiger partial charge in [-0.05, 0) is 66.2 Å². The predicted molar refractivity (Wildman–Crippen MR) is 138 cm³/mol. The third-order valence-corrected chi connectivity index (χ3v) is 5.98. The number of methoxy groups -OCH3 is 2. The number of carbonyl (C=O) groups excluding carboxylic acids is 2. The maximum Gasteiger partial charge on any atom is 0.323 e. The largest absolute Gasteiger partial charge is 0.497 e. The Morgan fingerprint density at radius 1 is 0.714 bits per heavy atom. The molecule has 1 aliphatic heterocycles. The first kappa shape index (κ1) is 23.9. The molecule has 4 rings (SSSR count). The summed E-state index contributed by atoms with van der Waals surface area (Å²) in [6.07, 6.45) is 0.392. The molecule has 0 aromatic heterocycles. The summed E-state index contributed by atoms with van der Waals surface area (Å²) in [5.41, 5.74) is 3.43. The lowest BCUT2D eigenvalue weighted by Gasteiger charge is -2.36. The topological polar surface area (TPSA) is 83.1 Å². The standard InChI is InChI=1S/C27H30N4O4/c1-34-24-11-3-20(4-12-24)19-26(32)31-17-15-30(16-18-31)23-9-5-21(6-10-23)28-27(33)29-22-7-13-25(35-2)14-8-22/h3-14H,15-19H2,1-2H3,(H2,28,29,33). The van der Waals surface area contributed by atoms with Crippen LogP contribution >= 0.6 is 0 Å². The normalized spacial score (nSPS) is 13.2. The van der Waals surface area contributed by atoms with E-state index in [1.165, 1.54) is 0 Å². The zero-order chi connectivity index (χ0) is 24.6. The van der Waals surface area contributed by atoms with Crippen molar-refractivity contribution in [3.8, 4) is 11.5 Å². The van der Waals surface area contributed by atoms with E-state index in [0.717, 1.165) is 35.8 Å². The number of piperazine rings is 1. The van der Waals surface area contributed by atoms with E-state index >= 15 is 0 Å². The fourth-order valence-electron chi connectivity index (χ4n) is 3.97. The van der Waals surface area contributed by atoms with Crippen LogP contribution in [0.15, 0.2) is 72.8 Å². The van der Waals surface area contributed by atoms with Crippen molar-refractivity contribution in [3.63, 3.8) is 0 Å². The summed E-state index contributed by atoms with van der Waals surface area (Å²) in [5.74, 6) is 1.65. The van der Waals surface area contributed by atoms with E-state index in [-0.39, 0.29) is 11.9 Å². The van der Waals surface area contributed by atoms with Gasteiger partial charge in [0, 0.05) is 43.2 Å². The van der Waals surface area contributed by atoms with Crippen LogP contribution in [0, 0.1) is 0 Å². The van der Waals surface area contributed by atoms with Gasteiger partial charge in [-0.1, -0.05) is 12.1 Å². The zero-order valence-electron chi connectivity index (χ0n) is 20.0. The third kappa shape index (κ3) is 6.44. The van der Waals surface area contributed by atoms with Crippen LogP contribution in [0.25, 0.3) is 0 Å². The second kappa shape index (κ2) is 11.3. The van der Waals surface area contributed by atoms with Crippen LogP contribution in [0.1, 0.15) is 5.56 Å². The molecule has 8 heteroatoms. The van der Waals surface area contributed by atoms with Crippen LogP contribution in [0.4, 0.5) is 21.9 Å². The van der Waals surface area contributed by atoms with Crippen molar-refractivity contribution in [2.24, 2.45) is 0 Å². The molecule has 0 saturated carbocycles. The molecule has 0 radical (unpaired) electrons. The van der Waals surface area contributed by atoms with Gasteiger partial charge in [0.05, 0.1) is 20.6 Å². The lowest BCUT2D eigenvalue weighted by atomic mass is 10.1. The number of urea groups is 1. The molecule has 3 amide bonds. The summed E-state index contributed by atoms with van der Waals surface area (Å²) in [4.78, 5) is 29.1. The van der Waals surface area contributed by atoms with Crippen molar-refractivity contribution in [2.75, 3.05) is 55.9 Å². The minimum atomic E-state index is -0.313.